The number of methoxy groups -OCH3 is 2. The minimum absolute atomic E-state index is 0.129. The Hall–Kier alpha value is -2.34. The van der Waals surface area contributed by atoms with E-state index in [1.807, 2.05) is 0 Å². The van der Waals surface area contributed by atoms with Crippen molar-refractivity contribution in [2.45, 2.75) is 6.61 Å². The topological polar surface area (TPSA) is 60.8 Å². The van der Waals surface area contributed by atoms with Gasteiger partial charge in [-0.15, -0.1) is 0 Å². The van der Waals surface area contributed by atoms with E-state index < -0.39 is 5.82 Å². The summed E-state index contributed by atoms with van der Waals surface area (Å²) in [6.45, 7) is -0.374. The quantitative estimate of drug-likeness (QED) is 0.911. The number of hydrogen-bond donors (Lipinski definition) is 1. The van der Waals surface area contributed by atoms with Crippen molar-refractivity contribution in [3.8, 4) is 23.1 Å². The molecule has 0 bridgehead atoms. The monoisotopic (exact) mass is 279 g/mol. The third-order valence-corrected chi connectivity index (χ3v) is 2.60. The van der Waals surface area contributed by atoms with Gasteiger partial charge in [0.1, 0.15) is 23.1 Å². The van der Waals surface area contributed by atoms with Gasteiger partial charge in [0.2, 0.25) is 5.88 Å². The average Bonchev–Trinajstić information content (AvgIpc) is 2.48. The van der Waals surface area contributed by atoms with E-state index in [9.17, 15) is 9.50 Å². The Labute approximate surface area is 115 Å². The fourth-order valence-electron chi connectivity index (χ4n) is 1.63. The molecule has 20 heavy (non-hydrogen) atoms. The van der Waals surface area contributed by atoms with Crippen molar-refractivity contribution in [1.82, 2.24) is 4.98 Å². The van der Waals surface area contributed by atoms with Gasteiger partial charge in [-0.3, -0.25) is 0 Å². The molecule has 0 unspecified atom stereocenters. The second kappa shape index (κ2) is 6.21. The molecule has 0 aliphatic carbocycles. The summed E-state index contributed by atoms with van der Waals surface area (Å²) in [7, 11) is 3.04. The van der Waals surface area contributed by atoms with Crippen molar-refractivity contribution in [1.29, 1.82) is 0 Å². The summed E-state index contributed by atoms with van der Waals surface area (Å²) in [6, 6.07) is 6.13. The fraction of sp³-hybridized carbons (Fsp3) is 0.214. The fourth-order valence-corrected chi connectivity index (χ4v) is 1.63. The number of rotatable bonds is 5. The predicted octanol–water partition coefficient (Wildman–Crippen LogP) is 2.52. The van der Waals surface area contributed by atoms with Crippen molar-refractivity contribution < 1.29 is 23.7 Å². The van der Waals surface area contributed by atoms with Crippen LogP contribution >= 0.6 is 0 Å². The molecule has 0 saturated heterocycles. The molecule has 2 aromatic rings. The first-order valence-electron chi connectivity index (χ1n) is 5.82. The maximum Gasteiger partial charge on any atom is 0.224 e. The SMILES string of the molecule is COc1cc(OC)cc(Oc2ncc(F)cc2CO)c1. The van der Waals surface area contributed by atoms with Crippen LogP contribution in [0.25, 0.3) is 0 Å². The minimum atomic E-state index is -0.537. The number of aliphatic hydroxyl groups is 1. The molecule has 1 aromatic heterocycles. The molecule has 5 nitrogen and oxygen atoms in total. The van der Waals surface area contributed by atoms with Crippen molar-refractivity contribution in [2.24, 2.45) is 0 Å². The van der Waals surface area contributed by atoms with Crippen molar-refractivity contribution in [3.05, 3.63) is 41.8 Å². The van der Waals surface area contributed by atoms with Crippen LogP contribution in [-0.4, -0.2) is 24.3 Å². The molecule has 0 amide bonds. The second-order valence-corrected chi connectivity index (χ2v) is 3.93. The zero-order valence-corrected chi connectivity index (χ0v) is 11.1. The van der Waals surface area contributed by atoms with Gasteiger partial charge < -0.3 is 19.3 Å². The number of aliphatic hydroxyl groups excluding tert-OH is 1. The summed E-state index contributed by atoms with van der Waals surface area (Å²) < 4.78 is 28.8. The van der Waals surface area contributed by atoms with Gasteiger partial charge in [-0.05, 0) is 6.07 Å². The molecule has 0 aliphatic heterocycles. The first-order valence-corrected chi connectivity index (χ1v) is 5.82. The van der Waals surface area contributed by atoms with Gasteiger partial charge in [0.05, 0.1) is 27.0 Å². The number of hydrogen-bond acceptors (Lipinski definition) is 5. The van der Waals surface area contributed by atoms with E-state index >= 15 is 0 Å². The van der Waals surface area contributed by atoms with Crippen LogP contribution < -0.4 is 14.2 Å². The Morgan fingerprint density at radius 3 is 2.20 bits per heavy atom. The molecule has 0 spiro atoms. The first kappa shape index (κ1) is 14.1. The lowest BCUT2D eigenvalue weighted by Gasteiger charge is -2.11. The smallest absolute Gasteiger partial charge is 0.224 e. The highest BCUT2D eigenvalue weighted by Gasteiger charge is 2.10. The summed E-state index contributed by atoms with van der Waals surface area (Å²) in [5.74, 6) is 1.10. The van der Waals surface area contributed by atoms with Crippen molar-refractivity contribution >= 4 is 0 Å². The van der Waals surface area contributed by atoms with Crippen molar-refractivity contribution in [2.75, 3.05) is 14.2 Å². The van der Waals surface area contributed by atoms with Crippen molar-refractivity contribution in [3.63, 3.8) is 0 Å². The molecular formula is C14H14FNO4. The number of ether oxygens (including phenoxy) is 3. The van der Waals surface area contributed by atoms with Crippen LogP contribution in [0.5, 0.6) is 23.1 Å². The van der Waals surface area contributed by atoms with Gasteiger partial charge in [0.25, 0.3) is 0 Å². The van der Waals surface area contributed by atoms with Gasteiger partial charge in [0, 0.05) is 23.8 Å². The summed E-state index contributed by atoms with van der Waals surface area (Å²) in [4.78, 5) is 3.82. The number of halogens is 1. The lowest BCUT2D eigenvalue weighted by atomic mass is 10.2. The molecule has 2 rings (SSSR count). The molecule has 1 N–H and O–H groups in total. The highest BCUT2D eigenvalue weighted by atomic mass is 19.1. The largest absolute Gasteiger partial charge is 0.496 e. The minimum Gasteiger partial charge on any atom is -0.496 e. The molecule has 0 atom stereocenters. The highest BCUT2D eigenvalue weighted by molar-refractivity contribution is 5.44. The Morgan fingerprint density at radius 1 is 1.05 bits per heavy atom. The van der Waals surface area contributed by atoms with Crippen LogP contribution in [0.3, 0.4) is 0 Å². The molecule has 0 saturated carbocycles. The Kier molecular flexibility index (Phi) is 4.37. The Morgan fingerprint density at radius 2 is 1.65 bits per heavy atom. The van der Waals surface area contributed by atoms with Crippen LogP contribution in [0.4, 0.5) is 4.39 Å². The maximum atomic E-state index is 13.0. The summed E-state index contributed by atoms with van der Waals surface area (Å²) in [5.41, 5.74) is 0.256. The predicted molar refractivity (Wildman–Crippen MR) is 69.7 cm³/mol. The van der Waals surface area contributed by atoms with Gasteiger partial charge in [-0.2, -0.15) is 0 Å². The second-order valence-electron chi connectivity index (χ2n) is 3.93. The number of nitrogens with zero attached hydrogens (tertiary/aromatic N) is 1. The molecule has 1 heterocycles. The Bertz CT molecular complexity index is 581. The first-order chi connectivity index (χ1) is 9.66. The van der Waals surface area contributed by atoms with Gasteiger partial charge in [-0.25, -0.2) is 9.37 Å². The zero-order chi connectivity index (χ0) is 14.5. The third kappa shape index (κ3) is 3.16. The lowest BCUT2D eigenvalue weighted by Crippen LogP contribution is -1.97. The van der Waals surface area contributed by atoms with E-state index in [0.29, 0.717) is 17.2 Å². The van der Waals surface area contributed by atoms with Crippen LogP contribution in [0, 0.1) is 5.82 Å². The zero-order valence-electron chi connectivity index (χ0n) is 11.1. The van der Waals surface area contributed by atoms with Gasteiger partial charge in [-0.1, -0.05) is 0 Å². The summed E-state index contributed by atoms with van der Waals surface area (Å²) >= 11 is 0. The lowest BCUT2D eigenvalue weighted by molar-refractivity contribution is 0.274. The summed E-state index contributed by atoms with van der Waals surface area (Å²) in [6.07, 6.45) is 1.02. The summed E-state index contributed by atoms with van der Waals surface area (Å²) in [5, 5.41) is 9.19. The molecule has 0 radical (unpaired) electrons. The van der Waals surface area contributed by atoms with E-state index in [1.165, 1.54) is 20.3 Å². The van der Waals surface area contributed by atoms with E-state index in [2.05, 4.69) is 4.98 Å². The van der Waals surface area contributed by atoms with Crippen LogP contribution in [0.15, 0.2) is 30.5 Å². The molecule has 106 valence electrons. The molecule has 0 aliphatic rings. The number of pyridine rings is 1. The number of benzene rings is 1. The van der Waals surface area contributed by atoms with E-state index in [-0.39, 0.29) is 18.1 Å². The average molecular weight is 279 g/mol. The van der Waals surface area contributed by atoms with Crippen LogP contribution in [0.1, 0.15) is 5.56 Å². The van der Waals surface area contributed by atoms with Crippen LogP contribution in [0.2, 0.25) is 0 Å². The van der Waals surface area contributed by atoms with Gasteiger partial charge in [0.15, 0.2) is 0 Å². The number of aromatic nitrogens is 1. The van der Waals surface area contributed by atoms with Crippen LogP contribution in [-0.2, 0) is 6.61 Å². The molecule has 6 heteroatoms. The maximum absolute atomic E-state index is 13.0. The molecular weight excluding hydrogens is 265 g/mol. The van der Waals surface area contributed by atoms with E-state index in [4.69, 9.17) is 14.2 Å². The molecule has 0 fully saturated rings. The van der Waals surface area contributed by atoms with Gasteiger partial charge >= 0.3 is 0 Å². The molecule has 1 aromatic carbocycles. The highest BCUT2D eigenvalue weighted by Crippen LogP contribution is 2.31. The van der Waals surface area contributed by atoms with E-state index in [1.54, 1.807) is 18.2 Å². The Balaban J connectivity index is 2.34. The van der Waals surface area contributed by atoms with E-state index in [0.717, 1.165) is 6.20 Å². The normalized spacial score (nSPS) is 10.2. The third-order valence-electron chi connectivity index (χ3n) is 2.60. The standard InChI is InChI=1S/C14H14FNO4/c1-18-11-4-12(19-2)6-13(5-11)20-14-9(8-17)3-10(15)7-16-14/h3-7,17H,8H2,1-2H3.